The average Bonchev–Trinajstić information content (AvgIpc) is 2.71. The second kappa shape index (κ2) is 8.91. The van der Waals surface area contributed by atoms with Crippen LogP contribution in [0, 0.1) is 12.7 Å². The molecule has 1 atom stereocenters. The molecule has 3 rings (SSSR count). The van der Waals surface area contributed by atoms with Crippen LogP contribution in [0.2, 0.25) is 0 Å². The second-order valence-corrected chi connectivity index (χ2v) is 7.04. The van der Waals surface area contributed by atoms with Crippen molar-refractivity contribution in [2.45, 2.75) is 13.0 Å². The summed E-state index contributed by atoms with van der Waals surface area (Å²) >= 11 is 0. The van der Waals surface area contributed by atoms with Gasteiger partial charge in [0.05, 0.1) is 13.7 Å². The number of nitrogens with one attached hydrogen (secondary N) is 1. The maximum Gasteiger partial charge on any atom is 0.238 e. The lowest BCUT2D eigenvalue weighted by molar-refractivity contribution is -0.125. The van der Waals surface area contributed by atoms with E-state index in [-0.39, 0.29) is 18.3 Å². The van der Waals surface area contributed by atoms with Crippen LogP contribution in [0.1, 0.15) is 5.56 Å². The Balaban J connectivity index is 1.64. The van der Waals surface area contributed by atoms with E-state index < -0.39 is 11.9 Å². The van der Waals surface area contributed by atoms with Crippen molar-refractivity contribution in [1.82, 2.24) is 4.90 Å². The first-order valence-corrected chi connectivity index (χ1v) is 9.35. The predicted molar refractivity (Wildman–Crippen MR) is 110 cm³/mol. The molecule has 0 aliphatic carbocycles. The van der Waals surface area contributed by atoms with Crippen LogP contribution in [0.3, 0.4) is 0 Å². The van der Waals surface area contributed by atoms with Crippen LogP contribution in [0.15, 0.2) is 42.5 Å². The Morgan fingerprint density at radius 1 is 1.21 bits per heavy atom. The van der Waals surface area contributed by atoms with Gasteiger partial charge in [0.25, 0.3) is 0 Å². The number of anilines is 2. The van der Waals surface area contributed by atoms with Crippen molar-refractivity contribution in [2.75, 3.05) is 43.5 Å². The summed E-state index contributed by atoms with van der Waals surface area (Å²) in [6.07, 6.45) is 0. The number of nitrogens with two attached hydrogens (primary N) is 1. The summed E-state index contributed by atoms with van der Waals surface area (Å²) in [5.41, 5.74) is 7.44. The van der Waals surface area contributed by atoms with Gasteiger partial charge in [0.1, 0.15) is 17.6 Å². The monoisotopic (exact) mass is 400 g/mol. The van der Waals surface area contributed by atoms with Crippen LogP contribution in [0.5, 0.6) is 5.75 Å². The highest BCUT2D eigenvalue weighted by atomic mass is 19.1. The highest BCUT2D eigenvalue weighted by Gasteiger charge is 2.32. The fourth-order valence-electron chi connectivity index (χ4n) is 3.36. The summed E-state index contributed by atoms with van der Waals surface area (Å²) < 4.78 is 18.8. The van der Waals surface area contributed by atoms with Gasteiger partial charge in [0.15, 0.2) is 0 Å². The molecule has 1 aliphatic rings. The van der Waals surface area contributed by atoms with Crippen LogP contribution in [-0.4, -0.2) is 56.0 Å². The highest BCUT2D eigenvalue weighted by molar-refractivity contribution is 5.93. The summed E-state index contributed by atoms with van der Waals surface area (Å²) in [6.45, 7) is 3.17. The molecule has 1 heterocycles. The fraction of sp³-hybridized carbons (Fsp3) is 0.333. The van der Waals surface area contributed by atoms with Gasteiger partial charge in [-0.25, -0.2) is 4.39 Å². The number of carbonyl (C=O) groups is 2. The van der Waals surface area contributed by atoms with Gasteiger partial charge in [-0.3, -0.25) is 14.5 Å². The second-order valence-electron chi connectivity index (χ2n) is 7.04. The smallest absolute Gasteiger partial charge is 0.238 e. The Morgan fingerprint density at radius 3 is 2.55 bits per heavy atom. The normalized spacial score (nSPS) is 17.1. The van der Waals surface area contributed by atoms with Crippen molar-refractivity contribution >= 4 is 23.2 Å². The highest BCUT2D eigenvalue weighted by Crippen LogP contribution is 2.22. The Morgan fingerprint density at radius 2 is 1.93 bits per heavy atom. The van der Waals surface area contributed by atoms with Gasteiger partial charge < -0.3 is 20.7 Å². The van der Waals surface area contributed by atoms with Crippen molar-refractivity contribution < 1.29 is 18.7 Å². The molecule has 1 saturated heterocycles. The third kappa shape index (κ3) is 5.03. The van der Waals surface area contributed by atoms with Crippen molar-refractivity contribution in [2.24, 2.45) is 5.73 Å². The third-order valence-corrected chi connectivity index (χ3v) is 5.06. The van der Waals surface area contributed by atoms with Crippen LogP contribution >= 0.6 is 0 Å². The van der Waals surface area contributed by atoms with Gasteiger partial charge in [-0.1, -0.05) is 6.07 Å². The van der Waals surface area contributed by atoms with Crippen LogP contribution in [-0.2, 0) is 9.59 Å². The quantitative estimate of drug-likeness (QED) is 0.772. The molecule has 29 heavy (non-hydrogen) atoms. The van der Waals surface area contributed by atoms with Crippen molar-refractivity contribution in [3.63, 3.8) is 0 Å². The van der Waals surface area contributed by atoms with Crippen LogP contribution < -0.4 is 20.7 Å². The zero-order valence-corrected chi connectivity index (χ0v) is 16.5. The molecule has 0 aromatic heterocycles. The SMILES string of the molecule is COc1ccc(N2CCN(CC(=O)Nc3ccc(C)c(F)c3)C(C(N)=O)C2)cc1. The van der Waals surface area contributed by atoms with E-state index in [1.165, 1.54) is 6.07 Å². The zero-order chi connectivity index (χ0) is 21.0. The molecule has 1 unspecified atom stereocenters. The molecule has 7 nitrogen and oxygen atoms in total. The first kappa shape index (κ1) is 20.6. The molecule has 0 spiro atoms. The maximum atomic E-state index is 13.7. The molecule has 2 aromatic carbocycles. The summed E-state index contributed by atoms with van der Waals surface area (Å²) in [4.78, 5) is 28.2. The van der Waals surface area contributed by atoms with Gasteiger partial charge in [-0.15, -0.1) is 0 Å². The van der Waals surface area contributed by atoms with Gasteiger partial charge in [-0.05, 0) is 48.9 Å². The van der Waals surface area contributed by atoms with E-state index in [2.05, 4.69) is 10.2 Å². The molecular weight excluding hydrogens is 375 g/mol. The lowest BCUT2D eigenvalue weighted by Crippen LogP contribution is -2.59. The van der Waals surface area contributed by atoms with E-state index in [9.17, 15) is 14.0 Å². The van der Waals surface area contributed by atoms with E-state index in [1.54, 1.807) is 31.1 Å². The van der Waals surface area contributed by atoms with Gasteiger partial charge in [0.2, 0.25) is 11.8 Å². The molecule has 0 saturated carbocycles. The molecule has 154 valence electrons. The van der Waals surface area contributed by atoms with Crippen molar-refractivity contribution in [1.29, 1.82) is 0 Å². The van der Waals surface area contributed by atoms with Crippen molar-refractivity contribution in [3.05, 3.63) is 53.8 Å². The van der Waals surface area contributed by atoms with Gasteiger partial charge in [-0.2, -0.15) is 0 Å². The Labute approximate surface area is 169 Å². The third-order valence-electron chi connectivity index (χ3n) is 5.06. The summed E-state index contributed by atoms with van der Waals surface area (Å²) in [5, 5.41) is 2.67. The van der Waals surface area contributed by atoms with E-state index >= 15 is 0 Å². The van der Waals surface area contributed by atoms with Gasteiger partial charge >= 0.3 is 0 Å². The number of piperazine rings is 1. The molecule has 8 heteroatoms. The Bertz CT molecular complexity index is 888. The fourth-order valence-corrected chi connectivity index (χ4v) is 3.36. The Kier molecular flexibility index (Phi) is 6.33. The van der Waals surface area contributed by atoms with E-state index in [0.717, 1.165) is 11.4 Å². The molecule has 0 bridgehead atoms. The molecule has 1 aliphatic heterocycles. The number of hydrogen-bond donors (Lipinski definition) is 2. The topological polar surface area (TPSA) is 87.9 Å². The number of ether oxygens (including phenoxy) is 1. The number of aryl methyl sites for hydroxylation is 1. The number of nitrogens with zero attached hydrogens (tertiary/aromatic N) is 2. The predicted octanol–water partition coefficient (Wildman–Crippen LogP) is 1.76. The molecule has 0 radical (unpaired) electrons. The van der Waals surface area contributed by atoms with Crippen molar-refractivity contribution in [3.8, 4) is 5.75 Å². The van der Waals surface area contributed by atoms with Crippen LogP contribution in [0.4, 0.5) is 15.8 Å². The average molecular weight is 400 g/mol. The Hall–Kier alpha value is -3.13. The first-order chi connectivity index (χ1) is 13.9. The minimum Gasteiger partial charge on any atom is -0.497 e. The van der Waals surface area contributed by atoms with Gasteiger partial charge in [0, 0.05) is 31.0 Å². The molecule has 3 N–H and O–H groups in total. The number of carbonyl (C=O) groups excluding carboxylic acids is 2. The summed E-state index contributed by atoms with van der Waals surface area (Å²) in [5.74, 6) is -0.441. The van der Waals surface area contributed by atoms with E-state index in [4.69, 9.17) is 10.5 Å². The zero-order valence-electron chi connectivity index (χ0n) is 16.5. The van der Waals surface area contributed by atoms with E-state index in [0.29, 0.717) is 30.9 Å². The number of hydrogen-bond acceptors (Lipinski definition) is 5. The van der Waals surface area contributed by atoms with E-state index in [1.807, 2.05) is 24.3 Å². The number of primary amides is 1. The standard InChI is InChI=1S/C21H25FN4O3/c1-14-3-4-15(11-18(14)22)24-20(27)13-26-10-9-25(12-19(26)21(23)28)16-5-7-17(29-2)8-6-16/h3-8,11,19H,9-10,12-13H2,1-2H3,(H2,23,28)(H,24,27). The number of methoxy groups -OCH3 is 1. The molecular formula is C21H25FN4O3. The molecule has 2 amide bonds. The first-order valence-electron chi connectivity index (χ1n) is 9.35. The summed E-state index contributed by atoms with van der Waals surface area (Å²) in [6, 6.07) is 11.5. The minimum atomic E-state index is -0.605. The number of benzene rings is 2. The number of halogens is 1. The number of amides is 2. The largest absolute Gasteiger partial charge is 0.497 e. The molecule has 2 aromatic rings. The lowest BCUT2D eigenvalue weighted by Gasteiger charge is -2.40. The number of rotatable bonds is 6. The minimum absolute atomic E-state index is 0.000442. The molecule has 1 fully saturated rings. The maximum absolute atomic E-state index is 13.7. The lowest BCUT2D eigenvalue weighted by atomic mass is 10.1. The van der Waals surface area contributed by atoms with Crippen LogP contribution in [0.25, 0.3) is 0 Å². The summed E-state index contributed by atoms with van der Waals surface area (Å²) in [7, 11) is 1.60.